The summed E-state index contributed by atoms with van der Waals surface area (Å²) in [5, 5.41) is 10.2. The maximum absolute atomic E-state index is 17.3. The summed E-state index contributed by atoms with van der Waals surface area (Å²) in [7, 11) is 0. The first-order chi connectivity index (χ1) is 24.2. The third-order valence-electron chi connectivity index (χ3n) is 9.97. The van der Waals surface area contributed by atoms with Crippen LogP contribution in [0.3, 0.4) is 0 Å². The van der Waals surface area contributed by atoms with Crippen LogP contribution in [0.5, 0.6) is 11.8 Å². The average Bonchev–Trinajstić information content (AvgIpc) is 3.70. The molecule has 0 spiro atoms. The van der Waals surface area contributed by atoms with Gasteiger partial charge in [-0.2, -0.15) is 15.2 Å². The third-order valence-corrected chi connectivity index (χ3v) is 11.4. The number of ether oxygens (including phenoxy) is 2. The molecule has 3 aliphatic heterocycles. The molecule has 4 N–H and O–H groups in total. The topological polar surface area (TPSA) is 139 Å². The molecular formula is C35H30ClF3N8O2S. The molecule has 0 radical (unpaired) electrons. The summed E-state index contributed by atoms with van der Waals surface area (Å²) >= 11 is 7.94. The van der Waals surface area contributed by atoms with Gasteiger partial charge in [0.1, 0.15) is 53.4 Å². The second-order valence-corrected chi connectivity index (χ2v) is 14.1. The van der Waals surface area contributed by atoms with Crippen molar-refractivity contribution in [3.63, 3.8) is 0 Å². The monoisotopic (exact) mass is 718 g/mol. The number of benzene rings is 2. The molecule has 0 amide bonds. The summed E-state index contributed by atoms with van der Waals surface area (Å²) in [6.45, 7) is 5.56. The fraction of sp³-hybridized carbons (Fsp3) is 0.314. The summed E-state index contributed by atoms with van der Waals surface area (Å²) < 4.78 is 59.6. The van der Waals surface area contributed by atoms with Gasteiger partial charge < -0.3 is 25.8 Å². The standard InChI is InChI=1S/C35H30ClF3N8O2S/c1-2-22(18-5-3-9-43-31(18)41)47-11-12-48-29-25-28(44-34(45-33(25)47)49-16-35-8-4-10-46(35)15-17(37)13-35)27(39)24(26(29)36)19-6-7-21(38)30-23(19)20(14-40)32(42)50-30/h2-3,5-7,9,17,22H,1,4,8,10-13,15-16,42H2,(H2,41,43)/t17-,22-,35+/m1/s1. The number of alkyl halides is 1. The summed E-state index contributed by atoms with van der Waals surface area (Å²) in [5.74, 6) is -0.862. The molecule has 15 heteroatoms. The van der Waals surface area contributed by atoms with E-state index in [1.54, 1.807) is 18.3 Å². The van der Waals surface area contributed by atoms with Crippen LogP contribution in [0.1, 0.15) is 36.4 Å². The minimum Gasteiger partial charge on any atom is -0.489 e. The molecule has 0 saturated carbocycles. The minimum absolute atomic E-state index is 0.00594. The Bertz CT molecular complexity index is 2260. The molecule has 2 saturated heterocycles. The van der Waals surface area contributed by atoms with Crippen molar-refractivity contribution in [2.45, 2.75) is 37.0 Å². The van der Waals surface area contributed by atoms with Crippen LogP contribution in [-0.2, 0) is 0 Å². The number of thiophene rings is 1. The van der Waals surface area contributed by atoms with E-state index >= 15 is 8.78 Å². The van der Waals surface area contributed by atoms with Gasteiger partial charge in [-0.25, -0.2) is 18.2 Å². The number of nitrogens with zero attached hydrogens (tertiary/aromatic N) is 6. The van der Waals surface area contributed by atoms with Crippen LogP contribution >= 0.6 is 22.9 Å². The van der Waals surface area contributed by atoms with Crippen LogP contribution in [0.4, 0.5) is 29.8 Å². The zero-order valence-corrected chi connectivity index (χ0v) is 28.1. The molecule has 3 aromatic heterocycles. The largest absolute Gasteiger partial charge is 0.489 e. The fourth-order valence-corrected chi connectivity index (χ4v) is 9.04. The second kappa shape index (κ2) is 12.2. The molecule has 3 atom stereocenters. The average molecular weight is 719 g/mol. The molecule has 3 aliphatic rings. The van der Waals surface area contributed by atoms with Gasteiger partial charge in [0, 0.05) is 35.7 Å². The van der Waals surface area contributed by atoms with Crippen molar-refractivity contribution in [2.75, 3.05) is 49.2 Å². The maximum atomic E-state index is 17.3. The van der Waals surface area contributed by atoms with Crippen molar-refractivity contribution in [1.82, 2.24) is 19.9 Å². The molecular weight excluding hydrogens is 689 g/mol. The zero-order chi connectivity index (χ0) is 34.9. The van der Waals surface area contributed by atoms with Crippen molar-refractivity contribution in [3.8, 4) is 29.0 Å². The van der Waals surface area contributed by atoms with Crippen LogP contribution in [0.25, 0.3) is 32.1 Å². The number of anilines is 3. The van der Waals surface area contributed by atoms with Gasteiger partial charge in [0.25, 0.3) is 0 Å². The summed E-state index contributed by atoms with van der Waals surface area (Å²) in [6.07, 6.45) is 4.24. The van der Waals surface area contributed by atoms with E-state index in [4.69, 9.17) is 37.5 Å². The van der Waals surface area contributed by atoms with E-state index in [1.165, 1.54) is 12.1 Å². The van der Waals surface area contributed by atoms with Gasteiger partial charge in [0.2, 0.25) is 0 Å². The molecule has 10 nitrogen and oxygen atoms in total. The van der Waals surface area contributed by atoms with Crippen LogP contribution in [0, 0.1) is 23.0 Å². The lowest BCUT2D eigenvalue weighted by Crippen LogP contribution is -2.43. The predicted octanol–water partition coefficient (Wildman–Crippen LogP) is 6.96. The number of halogens is 4. The molecule has 2 fully saturated rings. The van der Waals surface area contributed by atoms with Crippen molar-refractivity contribution in [2.24, 2.45) is 0 Å². The fourth-order valence-electron chi connectivity index (χ4n) is 7.76. The number of nitrogen functional groups attached to an aromatic ring is 2. The van der Waals surface area contributed by atoms with Crippen LogP contribution in [-0.4, -0.2) is 64.4 Å². The van der Waals surface area contributed by atoms with Crippen LogP contribution in [0.2, 0.25) is 5.02 Å². The smallest absolute Gasteiger partial charge is 0.319 e. The third kappa shape index (κ3) is 4.90. The van der Waals surface area contributed by atoms with Gasteiger partial charge in [-0.1, -0.05) is 29.8 Å². The zero-order valence-electron chi connectivity index (χ0n) is 26.6. The second-order valence-electron chi connectivity index (χ2n) is 12.7. The van der Waals surface area contributed by atoms with E-state index in [0.29, 0.717) is 18.5 Å². The first kappa shape index (κ1) is 32.4. The number of hydrogen-bond donors (Lipinski definition) is 2. The molecule has 0 aliphatic carbocycles. The first-order valence-electron chi connectivity index (χ1n) is 16.0. The molecule has 256 valence electrons. The van der Waals surface area contributed by atoms with Crippen LogP contribution in [0.15, 0.2) is 43.1 Å². The Morgan fingerprint density at radius 2 is 2.08 bits per heavy atom. The molecule has 5 aromatic rings. The van der Waals surface area contributed by atoms with Gasteiger partial charge in [0.15, 0.2) is 11.6 Å². The lowest BCUT2D eigenvalue weighted by atomic mass is 9.95. The van der Waals surface area contributed by atoms with Crippen molar-refractivity contribution < 1.29 is 22.6 Å². The summed E-state index contributed by atoms with van der Waals surface area (Å²) in [4.78, 5) is 17.6. The number of rotatable bonds is 7. The Labute approximate surface area is 293 Å². The highest BCUT2D eigenvalue weighted by molar-refractivity contribution is 7.23. The van der Waals surface area contributed by atoms with Gasteiger partial charge in [-0.3, -0.25) is 4.90 Å². The Morgan fingerprint density at radius 3 is 2.86 bits per heavy atom. The maximum Gasteiger partial charge on any atom is 0.319 e. The summed E-state index contributed by atoms with van der Waals surface area (Å²) in [5.41, 5.74) is 12.3. The number of pyridine rings is 1. The Morgan fingerprint density at radius 1 is 1.24 bits per heavy atom. The predicted molar refractivity (Wildman–Crippen MR) is 187 cm³/mol. The van der Waals surface area contributed by atoms with Gasteiger partial charge in [0.05, 0.1) is 38.8 Å². The van der Waals surface area contributed by atoms with Gasteiger partial charge >= 0.3 is 6.01 Å². The quantitative estimate of drug-likeness (QED) is 0.170. The Balaban J connectivity index is 1.37. The highest BCUT2D eigenvalue weighted by atomic mass is 35.5. The lowest BCUT2D eigenvalue weighted by Gasteiger charge is -2.32. The highest BCUT2D eigenvalue weighted by Gasteiger charge is 2.49. The molecule has 0 bridgehead atoms. The van der Waals surface area contributed by atoms with Crippen molar-refractivity contribution in [3.05, 3.63) is 70.9 Å². The van der Waals surface area contributed by atoms with Gasteiger partial charge in [-0.05, 0) is 37.1 Å². The molecule has 6 heterocycles. The molecule has 2 aromatic carbocycles. The van der Waals surface area contributed by atoms with E-state index in [2.05, 4.69) is 21.4 Å². The van der Waals surface area contributed by atoms with E-state index in [0.717, 1.165) is 30.7 Å². The Kier molecular flexibility index (Phi) is 7.89. The van der Waals surface area contributed by atoms with E-state index < -0.39 is 29.4 Å². The van der Waals surface area contributed by atoms with E-state index in [9.17, 15) is 9.65 Å². The number of aromatic nitrogens is 3. The molecule has 0 unspecified atom stereocenters. The number of fused-ring (bicyclic) bond motifs is 2. The van der Waals surface area contributed by atoms with E-state index in [1.807, 2.05) is 17.0 Å². The normalized spacial score (nSPS) is 20.8. The van der Waals surface area contributed by atoms with E-state index in [-0.39, 0.29) is 90.9 Å². The SMILES string of the molecule is C=C[C@H](c1cccnc1N)N1CCOc2c(Cl)c(-c3ccc(F)c4sc(N)c(C#N)c34)c(F)c3nc(OC[C@@]45CCCN4C[C@H](F)C5)nc1c23. The van der Waals surface area contributed by atoms with Gasteiger partial charge in [-0.15, -0.1) is 17.9 Å². The molecule has 50 heavy (non-hydrogen) atoms. The van der Waals surface area contributed by atoms with Crippen molar-refractivity contribution >= 4 is 60.6 Å². The number of nitriles is 1. The minimum atomic E-state index is -0.978. The van der Waals surface area contributed by atoms with Crippen LogP contribution < -0.4 is 25.8 Å². The highest BCUT2D eigenvalue weighted by Crippen LogP contribution is 2.51. The lowest BCUT2D eigenvalue weighted by molar-refractivity contribution is 0.107. The number of nitrogens with two attached hydrogens (primary N) is 2. The van der Waals surface area contributed by atoms with Crippen molar-refractivity contribution in [1.29, 1.82) is 5.26 Å². The summed E-state index contributed by atoms with van der Waals surface area (Å²) in [6, 6.07) is 7.40. The Hall–Kier alpha value is -4.84. The first-order valence-corrected chi connectivity index (χ1v) is 17.2. The number of hydrogen-bond acceptors (Lipinski definition) is 11. The molecule has 8 rings (SSSR count).